The Bertz CT molecular complexity index is 394. The van der Waals surface area contributed by atoms with Gasteiger partial charge in [0, 0.05) is 18.1 Å². The first-order valence-corrected chi connectivity index (χ1v) is 5.79. The molecule has 86 valence electrons. The van der Waals surface area contributed by atoms with Crippen LogP contribution in [-0.4, -0.2) is 30.4 Å². The molecule has 4 heteroatoms. The molecule has 1 saturated heterocycles. The number of rotatable bonds is 3. The fraction of sp³-hybridized carbons (Fsp3) is 0.417. The van der Waals surface area contributed by atoms with Gasteiger partial charge in [-0.2, -0.15) is 0 Å². The van der Waals surface area contributed by atoms with E-state index in [0.29, 0.717) is 11.6 Å². The average Bonchev–Trinajstić information content (AvgIpc) is 2.60. The highest BCUT2D eigenvalue weighted by molar-refractivity contribution is 6.30. The normalized spacial score (nSPS) is 20.5. The summed E-state index contributed by atoms with van der Waals surface area (Å²) < 4.78 is 0. The molecule has 1 fully saturated rings. The fourth-order valence-electron chi connectivity index (χ4n) is 2.02. The van der Waals surface area contributed by atoms with Gasteiger partial charge in [0.25, 0.3) is 0 Å². The molecule has 1 unspecified atom stereocenters. The Hall–Kier alpha value is -1.06. The Balaban J connectivity index is 2.03. The molecule has 0 bridgehead atoms. The lowest BCUT2D eigenvalue weighted by molar-refractivity contribution is -0.129. The van der Waals surface area contributed by atoms with E-state index in [1.165, 1.54) is 0 Å². The molecule has 2 rings (SSSR count). The topological polar surface area (TPSA) is 32.3 Å². The van der Waals surface area contributed by atoms with Crippen molar-refractivity contribution in [2.24, 2.45) is 0 Å². The zero-order chi connectivity index (χ0) is 11.5. The SMILES string of the molecule is CNC1CCN(Cc2cccc(Cl)c2)C1=O. The molecule has 1 N–H and O–H groups in total. The number of halogens is 1. The molecule has 0 radical (unpaired) electrons. The van der Waals surface area contributed by atoms with Crippen molar-refractivity contribution in [3.8, 4) is 0 Å². The van der Waals surface area contributed by atoms with Crippen molar-refractivity contribution in [3.63, 3.8) is 0 Å². The first-order chi connectivity index (χ1) is 7.70. The number of likely N-dealkylation sites (tertiary alicyclic amines) is 1. The van der Waals surface area contributed by atoms with Crippen LogP contribution in [0, 0.1) is 0 Å². The first-order valence-electron chi connectivity index (χ1n) is 5.41. The molecular weight excluding hydrogens is 224 g/mol. The van der Waals surface area contributed by atoms with Crippen LogP contribution in [0.25, 0.3) is 0 Å². The van der Waals surface area contributed by atoms with Crippen LogP contribution in [0.1, 0.15) is 12.0 Å². The smallest absolute Gasteiger partial charge is 0.240 e. The van der Waals surface area contributed by atoms with E-state index in [4.69, 9.17) is 11.6 Å². The number of likely N-dealkylation sites (N-methyl/N-ethyl adjacent to an activating group) is 1. The number of hydrogen-bond donors (Lipinski definition) is 1. The summed E-state index contributed by atoms with van der Waals surface area (Å²) in [4.78, 5) is 13.7. The maximum absolute atomic E-state index is 11.9. The van der Waals surface area contributed by atoms with Crippen LogP contribution in [0.3, 0.4) is 0 Å². The van der Waals surface area contributed by atoms with E-state index >= 15 is 0 Å². The van der Waals surface area contributed by atoms with Gasteiger partial charge in [-0.05, 0) is 31.2 Å². The van der Waals surface area contributed by atoms with Crippen LogP contribution in [0.5, 0.6) is 0 Å². The number of benzene rings is 1. The van der Waals surface area contributed by atoms with Crippen molar-refractivity contribution in [2.75, 3.05) is 13.6 Å². The molecular formula is C12H15ClN2O. The summed E-state index contributed by atoms with van der Waals surface area (Å²) >= 11 is 5.91. The fourth-order valence-corrected chi connectivity index (χ4v) is 2.23. The molecule has 1 aliphatic rings. The second kappa shape index (κ2) is 4.85. The minimum Gasteiger partial charge on any atom is -0.337 e. The zero-order valence-corrected chi connectivity index (χ0v) is 10.00. The monoisotopic (exact) mass is 238 g/mol. The minimum atomic E-state index is -0.0146. The highest BCUT2D eigenvalue weighted by Gasteiger charge is 2.29. The van der Waals surface area contributed by atoms with Crippen molar-refractivity contribution in [2.45, 2.75) is 19.0 Å². The predicted octanol–water partition coefficient (Wildman–Crippen LogP) is 1.66. The molecule has 0 saturated carbocycles. The minimum absolute atomic E-state index is 0.0146. The Labute approximate surface area is 100 Å². The average molecular weight is 239 g/mol. The summed E-state index contributed by atoms with van der Waals surface area (Å²) in [6, 6.07) is 7.63. The summed E-state index contributed by atoms with van der Waals surface area (Å²) in [5.74, 6) is 0.183. The zero-order valence-electron chi connectivity index (χ0n) is 9.24. The van der Waals surface area contributed by atoms with Gasteiger partial charge in [-0.15, -0.1) is 0 Å². The third-order valence-corrected chi connectivity index (χ3v) is 3.14. The van der Waals surface area contributed by atoms with Crippen molar-refractivity contribution < 1.29 is 4.79 Å². The van der Waals surface area contributed by atoms with Gasteiger partial charge < -0.3 is 10.2 Å². The van der Waals surface area contributed by atoms with Crippen molar-refractivity contribution >= 4 is 17.5 Å². The Morgan fingerprint density at radius 1 is 1.56 bits per heavy atom. The summed E-state index contributed by atoms with van der Waals surface area (Å²) in [6.07, 6.45) is 0.885. The lowest BCUT2D eigenvalue weighted by atomic mass is 10.2. The van der Waals surface area contributed by atoms with Crippen molar-refractivity contribution in [1.82, 2.24) is 10.2 Å². The quantitative estimate of drug-likeness (QED) is 0.869. The molecule has 0 aromatic heterocycles. The Morgan fingerprint density at radius 3 is 3.00 bits per heavy atom. The molecule has 3 nitrogen and oxygen atoms in total. The van der Waals surface area contributed by atoms with Crippen LogP contribution in [0.2, 0.25) is 5.02 Å². The second-order valence-electron chi connectivity index (χ2n) is 4.02. The molecule has 1 amide bonds. The van der Waals surface area contributed by atoms with Gasteiger partial charge in [0.15, 0.2) is 0 Å². The number of nitrogens with zero attached hydrogens (tertiary/aromatic N) is 1. The first kappa shape index (κ1) is 11.4. The number of carbonyl (C=O) groups excluding carboxylic acids is 1. The largest absolute Gasteiger partial charge is 0.337 e. The highest BCUT2D eigenvalue weighted by Crippen LogP contribution is 2.17. The molecule has 1 heterocycles. The van der Waals surface area contributed by atoms with Gasteiger partial charge in [0.1, 0.15) is 0 Å². The third kappa shape index (κ3) is 2.36. The van der Waals surface area contributed by atoms with E-state index < -0.39 is 0 Å². The maximum atomic E-state index is 11.9. The van der Waals surface area contributed by atoms with Crippen LogP contribution < -0.4 is 5.32 Å². The Morgan fingerprint density at radius 2 is 2.38 bits per heavy atom. The van der Waals surface area contributed by atoms with Crippen molar-refractivity contribution in [1.29, 1.82) is 0 Å². The maximum Gasteiger partial charge on any atom is 0.240 e. The van der Waals surface area contributed by atoms with Gasteiger partial charge in [0.05, 0.1) is 6.04 Å². The molecule has 16 heavy (non-hydrogen) atoms. The Kier molecular flexibility index (Phi) is 3.46. The van der Waals surface area contributed by atoms with E-state index in [0.717, 1.165) is 18.5 Å². The molecule has 1 aromatic rings. The summed E-state index contributed by atoms with van der Waals surface area (Å²) in [5.41, 5.74) is 1.08. The molecule has 0 aliphatic carbocycles. The van der Waals surface area contributed by atoms with Gasteiger partial charge in [0.2, 0.25) is 5.91 Å². The number of carbonyl (C=O) groups is 1. The lowest BCUT2D eigenvalue weighted by Crippen LogP contribution is -2.35. The lowest BCUT2D eigenvalue weighted by Gasteiger charge is -2.16. The van der Waals surface area contributed by atoms with E-state index in [9.17, 15) is 4.79 Å². The second-order valence-corrected chi connectivity index (χ2v) is 4.46. The van der Waals surface area contributed by atoms with Gasteiger partial charge >= 0.3 is 0 Å². The van der Waals surface area contributed by atoms with Crippen LogP contribution in [-0.2, 0) is 11.3 Å². The van der Waals surface area contributed by atoms with E-state index in [-0.39, 0.29) is 11.9 Å². The van der Waals surface area contributed by atoms with Gasteiger partial charge in [-0.25, -0.2) is 0 Å². The van der Waals surface area contributed by atoms with Crippen LogP contribution in [0.15, 0.2) is 24.3 Å². The van der Waals surface area contributed by atoms with Crippen LogP contribution in [0.4, 0.5) is 0 Å². The van der Waals surface area contributed by atoms with E-state index in [1.807, 2.05) is 36.2 Å². The van der Waals surface area contributed by atoms with Gasteiger partial charge in [-0.3, -0.25) is 4.79 Å². The van der Waals surface area contributed by atoms with Gasteiger partial charge in [-0.1, -0.05) is 23.7 Å². The summed E-state index contributed by atoms with van der Waals surface area (Å²) in [5, 5.41) is 3.74. The van der Waals surface area contributed by atoms with E-state index in [1.54, 1.807) is 0 Å². The number of nitrogens with one attached hydrogen (secondary N) is 1. The molecule has 1 aromatic carbocycles. The third-order valence-electron chi connectivity index (χ3n) is 2.91. The summed E-state index contributed by atoms with van der Waals surface area (Å²) in [7, 11) is 1.82. The predicted molar refractivity (Wildman–Crippen MR) is 64.3 cm³/mol. The molecule has 1 aliphatic heterocycles. The summed E-state index contributed by atoms with van der Waals surface area (Å²) in [6.45, 7) is 1.47. The highest BCUT2D eigenvalue weighted by atomic mass is 35.5. The number of hydrogen-bond acceptors (Lipinski definition) is 2. The van der Waals surface area contributed by atoms with Crippen LogP contribution >= 0.6 is 11.6 Å². The molecule has 0 spiro atoms. The van der Waals surface area contributed by atoms with E-state index in [2.05, 4.69) is 5.32 Å². The van der Waals surface area contributed by atoms with Crippen molar-refractivity contribution in [3.05, 3.63) is 34.9 Å². The number of amides is 1. The standard InChI is InChI=1S/C12H15ClN2O/c1-14-11-5-6-15(12(11)16)8-9-3-2-4-10(13)7-9/h2-4,7,11,14H,5-6,8H2,1H3. The molecule has 1 atom stereocenters.